The molecule has 12 nitrogen and oxygen atoms in total. The van der Waals surface area contributed by atoms with Crippen molar-refractivity contribution in [2.45, 2.75) is 32.9 Å². The van der Waals surface area contributed by atoms with Crippen LogP contribution in [0.1, 0.15) is 42.1 Å². The van der Waals surface area contributed by atoms with E-state index in [9.17, 15) is 14.4 Å². The Hall–Kier alpha value is -5.30. The standard InChI is InChI=1S/C35H37BrN4O8/c1-6-8-25-15-23(16-29(45-5)33(25)48-19-22-9-12-26(36)13-10-22)18-37-40-30(41)20-47-27-14-11-24(17-28(27)44-4)32-31(34(42)46-7-2)21(3)38-35(43)39-32/h6,9-18,32H,1,7-8,19-20H2,2-5H3,(H,40,41)(H2,38,39,43)/b37-18-/t32-/m0/s1. The molecule has 3 aromatic carbocycles. The Morgan fingerprint density at radius 3 is 2.46 bits per heavy atom. The van der Waals surface area contributed by atoms with Crippen LogP contribution in [-0.4, -0.2) is 51.6 Å². The van der Waals surface area contributed by atoms with Gasteiger partial charge in [-0.15, -0.1) is 6.58 Å². The lowest BCUT2D eigenvalue weighted by molar-refractivity contribution is -0.139. The first-order valence-electron chi connectivity index (χ1n) is 14.9. The summed E-state index contributed by atoms with van der Waals surface area (Å²) in [5.74, 6) is 0.612. The molecule has 3 aromatic rings. The van der Waals surface area contributed by atoms with Crippen LogP contribution >= 0.6 is 15.9 Å². The molecule has 0 saturated carbocycles. The Morgan fingerprint density at radius 2 is 1.77 bits per heavy atom. The van der Waals surface area contributed by atoms with E-state index in [-0.39, 0.29) is 24.5 Å². The number of amides is 3. The van der Waals surface area contributed by atoms with Crippen molar-refractivity contribution in [1.82, 2.24) is 16.1 Å². The van der Waals surface area contributed by atoms with Crippen molar-refractivity contribution in [2.75, 3.05) is 27.4 Å². The number of allylic oxidation sites excluding steroid dienone is 2. The van der Waals surface area contributed by atoms with E-state index in [1.807, 2.05) is 30.3 Å². The maximum atomic E-state index is 12.7. The van der Waals surface area contributed by atoms with Gasteiger partial charge in [-0.3, -0.25) is 4.79 Å². The van der Waals surface area contributed by atoms with E-state index in [4.69, 9.17) is 23.7 Å². The molecule has 0 radical (unpaired) electrons. The van der Waals surface area contributed by atoms with E-state index >= 15 is 0 Å². The number of hydrazone groups is 1. The van der Waals surface area contributed by atoms with Gasteiger partial charge in [-0.05, 0) is 73.4 Å². The van der Waals surface area contributed by atoms with Gasteiger partial charge in [-0.25, -0.2) is 15.0 Å². The number of rotatable bonds is 15. The van der Waals surface area contributed by atoms with Crippen molar-refractivity contribution in [1.29, 1.82) is 0 Å². The predicted octanol–water partition coefficient (Wildman–Crippen LogP) is 5.49. The topological polar surface area (TPSA) is 146 Å². The molecule has 13 heteroatoms. The minimum absolute atomic E-state index is 0.179. The molecular formula is C35H37BrN4O8. The lowest BCUT2D eigenvalue weighted by atomic mass is 9.95. The molecule has 0 saturated heterocycles. The molecule has 3 N–H and O–H groups in total. The van der Waals surface area contributed by atoms with E-state index in [2.05, 4.69) is 43.7 Å². The monoisotopic (exact) mass is 720 g/mol. The first-order valence-corrected chi connectivity index (χ1v) is 15.7. The molecule has 4 rings (SSSR count). The van der Waals surface area contributed by atoms with E-state index in [0.717, 1.165) is 15.6 Å². The number of ether oxygens (including phenoxy) is 5. The van der Waals surface area contributed by atoms with Crippen molar-refractivity contribution in [3.8, 4) is 23.0 Å². The number of nitrogens with zero attached hydrogens (tertiary/aromatic N) is 1. The second-order valence-electron chi connectivity index (χ2n) is 10.4. The Labute approximate surface area is 287 Å². The number of nitrogens with one attached hydrogen (secondary N) is 3. The highest BCUT2D eigenvalue weighted by molar-refractivity contribution is 9.10. The number of benzene rings is 3. The third-order valence-corrected chi connectivity index (χ3v) is 7.61. The van der Waals surface area contributed by atoms with Crippen LogP contribution < -0.4 is 35.0 Å². The van der Waals surface area contributed by atoms with Crippen LogP contribution in [0, 0.1) is 0 Å². The zero-order valence-electron chi connectivity index (χ0n) is 27.1. The maximum absolute atomic E-state index is 12.7. The Kier molecular flexibility index (Phi) is 12.6. The average Bonchev–Trinajstić information content (AvgIpc) is 3.07. The maximum Gasteiger partial charge on any atom is 0.338 e. The summed E-state index contributed by atoms with van der Waals surface area (Å²) < 4.78 is 29.1. The normalized spacial score (nSPS) is 14.1. The summed E-state index contributed by atoms with van der Waals surface area (Å²) in [6.07, 6.45) is 3.78. The van der Waals surface area contributed by atoms with Crippen LogP contribution in [0.15, 0.2) is 88.1 Å². The number of carbonyl (C=O) groups is 3. The fourth-order valence-corrected chi connectivity index (χ4v) is 5.14. The van der Waals surface area contributed by atoms with Crippen molar-refractivity contribution in [3.05, 3.63) is 105 Å². The van der Waals surface area contributed by atoms with Crippen molar-refractivity contribution in [3.63, 3.8) is 0 Å². The molecule has 1 aliphatic rings. The van der Waals surface area contributed by atoms with Gasteiger partial charge in [0.2, 0.25) is 0 Å². The lowest BCUT2D eigenvalue weighted by Gasteiger charge is -2.28. The number of hydrogen-bond donors (Lipinski definition) is 3. The molecule has 1 aliphatic heterocycles. The molecule has 0 aliphatic carbocycles. The smallest absolute Gasteiger partial charge is 0.338 e. The minimum atomic E-state index is -0.781. The van der Waals surface area contributed by atoms with Crippen LogP contribution in [0.25, 0.3) is 0 Å². The van der Waals surface area contributed by atoms with Gasteiger partial charge < -0.3 is 34.3 Å². The second kappa shape index (κ2) is 17.0. The van der Waals surface area contributed by atoms with Gasteiger partial charge >= 0.3 is 12.0 Å². The van der Waals surface area contributed by atoms with Gasteiger partial charge in [0.15, 0.2) is 29.6 Å². The average molecular weight is 722 g/mol. The van der Waals surface area contributed by atoms with Crippen molar-refractivity contribution < 1.29 is 38.1 Å². The Balaban J connectivity index is 1.41. The van der Waals surface area contributed by atoms with E-state index in [1.54, 1.807) is 51.3 Å². The van der Waals surface area contributed by atoms with E-state index < -0.39 is 23.9 Å². The summed E-state index contributed by atoms with van der Waals surface area (Å²) in [7, 11) is 3.00. The van der Waals surface area contributed by atoms with Crippen molar-refractivity contribution >= 4 is 40.1 Å². The first-order chi connectivity index (χ1) is 23.2. The fraction of sp³-hybridized carbons (Fsp3) is 0.257. The molecule has 0 bridgehead atoms. The van der Waals surface area contributed by atoms with E-state index in [1.165, 1.54) is 13.3 Å². The Bertz CT molecular complexity index is 1720. The molecule has 48 heavy (non-hydrogen) atoms. The SMILES string of the molecule is C=CCc1cc(/C=N\NC(=O)COc2ccc([C@@H]3NC(=O)NC(C)=C3C(=O)OCC)cc2OC)cc(OC)c1OCc1ccc(Br)cc1. The minimum Gasteiger partial charge on any atom is -0.493 e. The fourth-order valence-electron chi connectivity index (χ4n) is 4.88. The number of carbonyl (C=O) groups excluding carboxylic acids is 3. The summed E-state index contributed by atoms with van der Waals surface area (Å²) in [5.41, 5.74) is 6.18. The first kappa shape index (κ1) is 35.6. The summed E-state index contributed by atoms with van der Waals surface area (Å²) >= 11 is 3.44. The molecule has 1 atom stereocenters. The quantitative estimate of drug-likeness (QED) is 0.0809. The third-order valence-electron chi connectivity index (χ3n) is 7.08. The number of urea groups is 1. The number of hydrogen-bond acceptors (Lipinski definition) is 9. The van der Waals surface area contributed by atoms with Gasteiger partial charge in [0.05, 0.1) is 38.7 Å². The number of methoxy groups -OCH3 is 2. The van der Waals surface area contributed by atoms with Crippen LogP contribution in [-0.2, 0) is 27.4 Å². The van der Waals surface area contributed by atoms with Gasteiger partial charge in [-0.1, -0.05) is 40.2 Å². The predicted molar refractivity (Wildman–Crippen MR) is 183 cm³/mol. The highest BCUT2D eigenvalue weighted by Gasteiger charge is 2.32. The molecule has 0 spiro atoms. The summed E-state index contributed by atoms with van der Waals surface area (Å²) in [5, 5.41) is 9.41. The van der Waals surface area contributed by atoms with E-state index in [0.29, 0.717) is 47.1 Å². The molecular weight excluding hydrogens is 684 g/mol. The largest absolute Gasteiger partial charge is 0.493 e. The molecule has 0 fully saturated rings. The third kappa shape index (κ3) is 9.16. The molecule has 0 unspecified atom stereocenters. The lowest BCUT2D eigenvalue weighted by Crippen LogP contribution is -2.45. The number of halogens is 1. The van der Waals surface area contributed by atoms with Crippen LogP contribution in [0.4, 0.5) is 4.79 Å². The zero-order chi connectivity index (χ0) is 34.6. The Morgan fingerprint density at radius 1 is 1.02 bits per heavy atom. The molecule has 1 heterocycles. The van der Waals surface area contributed by atoms with Gasteiger partial charge in [0, 0.05) is 15.7 Å². The van der Waals surface area contributed by atoms with Gasteiger partial charge in [-0.2, -0.15) is 5.10 Å². The summed E-state index contributed by atoms with van der Waals surface area (Å²) in [6.45, 7) is 7.34. The van der Waals surface area contributed by atoms with Crippen LogP contribution in [0.3, 0.4) is 0 Å². The number of esters is 1. The van der Waals surface area contributed by atoms with Gasteiger partial charge in [0.25, 0.3) is 5.91 Å². The summed E-state index contributed by atoms with van der Waals surface area (Å²) in [6, 6.07) is 15.1. The van der Waals surface area contributed by atoms with Crippen molar-refractivity contribution in [2.24, 2.45) is 5.10 Å². The molecule has 252 valence electrons. The van der Waals surface area contributed by atoms with Gasteiger partial charge in [0.1, 0.15) is 6.61 Å². The second-order valence-corrected chi connectivity index (χ2v) is 11.3. The molecule has 0 aromatic heterocycles. The van der Waals surface area contributed by atoms with Crippen LogP contribution in [0.5, 0.6) is 23.0 Å². The highest BCUT2D eigenvalue weighted by Crippen LogP contribution is 2.35. The van der Waals surface area contributed by atoms with Crippen LogP contribution in [0.2, 0.25) is 0 Å². The summed E-state index contributed by atoms with van der Waals surface area (Å²) in [4.78, 5) is 37.4. The highest BCUT2D eigenvalue weighted by atomic mass is 79.9. The molecule has 3 amide bonds. The zero-order valence-corrected chi connectivity index (χ0v) is 28.6.